The van der Waals surface area contributed by atoms with Crippen molar-refractivity contribution in [2.45, 2.75) is 32.7 Å². The van der Waals surface area contributed by atoms with Gasteiger partial charge < -0.3 is 8.23 Å². The van der Waals surface area contributed by atoms with Gasteiger partial charge in [-0.2, -0.15) is 0 Å². The first-order valence-electron chi connectivity index (χ1n) is 3.50. The summed E-state index contributed by atoms with van der Waals surface area (Å²) in [6, 6.07) is 0. The molecule has 2 nitrogen and oxygen atoms in total. The largest absolute Gasteiger partial charge is 0.439 e. The Morgan fingerprint density at radius 3 is 1.82 bits per heavy atom. The summed E-state index contributed by atoms with van der Waals surface area (Å²) >= 11 is 0. The van der Waals surface area contributed by atoms with Crippen molar-refractivity contribution in [3.05, 3.63) is 0 Å². The topological polar surface area (TPSA) is 18.5 Å². The summed E-state index contributed by atoms with van der Waals surface area (Å²) < 4.78 is 11.2. The summed E-state index contributed by atoms with van der Waals surface area (Å²) in [7, 11) is -2.27. The summed E-state index contributed by atoms with van der Waals surface area (Å²) in [5.41, 5.74) is 0. The van der Waals surface area contributed by atoms with Crippen LogP contribution >= 0.6 is 0 Å². The van der Waals surface area contributed by atoms with Gasteiger partial charge in [-0.05, 0) is 32.7 Å². The number of hydrogen-bond donors (Lipinski definition) is 0. The van der Waals surface area contributed by atoms with Crippen molar-refractivity contribution in [3.8, 4) is 0 Å². The van der Waals surface area contributed by atoms with Crippen molar-refractivity contribution in [2.24, 2.45) is 0 Å². The summed E-state index contributed by atoms with van der Waals surface area (Å²) in [6.45, 7) is 10.7. The zero-order valence-electron chi connectivity index (χ0n) is 7.75. The zero-order chi connectivity index (χ0) is 8.15. The number of rotatable bonds is 4. The van der Waals surface area contributed by atoms with Gasteiger partial charge in [-0.25, -0.2) is 0 Å². The fourth-order valence-corrected chi connectivity index (χ4v) is 6.22. The van der Waals surface area contributed by atoms with Gasteiger partial charge in [-0.15, -0.1) is 0 Å². The maximum atomic E-state index is 5.60. The second kappa shape index (κ2) is 7.72. The van der Waals surface area contributed by atoms with Crippen LogP contribution < -0.4 is 0 Å². The molecular weight excluding hydrogens is 232 g/mol. The minimum absolute atomic E-state index is 0. The fourth-order valence-electron chi connectivity index (χ4n) is 0.643. The molecule has 68 valence electrons. The standard InChI is InChI=1S/C5H16O2Si3.Fe/c1-8(2)6-10(5)7-9(3)4;/h8H,1-5H3;. The first-order chi connectivity index (χ1) is 4.52. The predicted molar refractivity (Wildman–Crippen MR) is 50.1 cm³/mol. The summed E-state index contributed by atoms with van der Waals surface area (Å²) in [6.07, 6.45) is 0. The Morgan fingerprint density at radius 2 is 1.55 bits per heavy atom. The zero-order valence-corrected chi connectivity index (χ0v) is 12.0. The van der Waals surface area contributed by atoms with Gasteiger partial charge >= 0.3 is 9.28 Å². The van der Waals surface area contributed by atoms with Gasteiger partial charge in [0, 0.05) is 17.1 Å². The van der Waals surface area contributed by atoms with E-state index in [-0.39, 0.29) is 17.1 Å². The van der Waals surface area contributed by atoms with E-state index in [9.17, 15) is 0 Å². The average molecular weight is 248 g/mol. The maximum Gasteiger partial charge on any atom is 0.358 e. The Bertz CT molecular complexity index is 81.8. The summed E-state index contributed by atoms with van der Waals surface area (Å²) in [5, 5.41) is 0. The van der Waals surface area contributed by atoms with Gasteiger partial charge in [0.25, 0.3) is 0 Å². The molecular formula is C5H16FeO2Si3. The molecule has 6 heteroatoms. The first kappa shape index (κ1) is 14.6. The Morgan fingerprint density at radius 1 is 1.09 bits per heavy atom. The normalized spacial score (nSPS) is 10.9. The number of hydrogen-bond acceptors (Lipinski definition) is 2. The quantitative estimate of drug-likeness (QED) is 0.700. The monoisotopic (exact) mass is 248 g/mol. The molecule has 11 heavy (non-hydrogen) atoms. The van der Waals surface area contributed by atoms with Gasteiger partial charge in [0.1, 0.15) is 0 Å². The molecule has 2 radical (unpaired) electrons. The van der Waals surface area contributed by atoms with Crippen molar-refractivity contribution in [1.29, 1.82) is 0 Å². The molecule has 0 saturated carbocycles. The molecule has 0 aromatic rings. The van der Waals surface area contributed by atoms with E-state index in [0.717, 1.165) is 0 Å². The Balaban J connectivity index is 0. The van der Waals surface area contributed by atoms with Crippen LogP contribution in [0.15, 0.2) is 0 Å². The Hall–Kier alpha value is 1.09. The van der Waals surface area contributed by atoms with Crippen LogP contribution in [0.4, 0.5) is 0 Å². The van der Waals surface area contributed by atoms with Gasteiger partial charge in [-0.1, -0.05) is 0 Å². The van der Waals surface area contributed by atoms with Crippen molar-refractivity contribution < 1.29 is 25.3 Å². The second-order valence-electron chi connectivity index (χ2n) is 2.67. The molecule has 0 fully saturated rings. The van der Waals surface area contributed by atoms with Crippen LogP contribution in [0.2, 0.25) is 32.7 Å². The molecule has 0 aromatic heterocycles. The molecule has 0 aliphatic carbocycles. The average Bonchev–Trinajstić information content (AvgIpc) is 1.58. The van der Waals surface area contributed by atoms with E-state index in [1.165, 1.54) is 0 Å². The van der Waals surface area contributed by atoms with Crippen molar-refractivity contribution in [1.82, 2.24) is 0 Å². The van der Waals surface area contributed by atoms with Crippen LogP contribution in [0.5, 0.6) is 0 Å². The van der Waals surface area contributed by atoms with E-state index >= 15 is 0 Å². The van der Waals surface area contributed by atoms with Crippen LogP contribution in [-0.2, 0) is 25.3 Å². The molecule has 0 aliphatic rings. The molecule has 0 spiro atoms. The Kier molecular flexibility index (Phi) is 10.3. The van der Waals surface area contributed by atoms with Crippen LogP contribution in [0.3, 0.4) is 0 Å². The minimum atomic E-state index is -0.882. The molecule has 0 rings (SSSR count). The van der Waals surface area contributed by atoms with Crippen LogP contribution in [0, 0.1) is 0 Å². The van der Waals surface area contributed by atoms with E-state index < -0.39 is 27.4 Å². The molecule has 0 aliphatic heterocycles. The molecule has 0 N–H and O–H groups in total. The molecule has 0 heterocycles. The van der Waals surface area contributed by atoms with E-state index in [1.807, 2.05) is 0 Å². The molecule has 0 atom stereocenters. The van der Waals surface area contributed by atoms with Gasteiger partial charge in [0.05, 0.1) is 0 Å². The van der Waals surface area contributed by atoms with E-state index in [1.54, 1.807) is 0 Å². The smallest absolute Gasteiger partial charge is 0.358 e. The van der Waals surface area contributed by atoms with E-state index in [4.69, 9.17) is 8.23 Å². The summed E-state index contributed by atoms with van der Waals surface area (Å²) in [5.74, 6) is 0. The first-order valence-corrected chi connectivity index (χ1v) is 10.5. The van der Waals surface area contributed by atoms with Crippen LogP contribution in [0.25, 0.3) is 0 Å². The van der Waals surface area contributed by atoms with Crippen LogP contribution in [-0.4, -0.2) is 27.4 Å². The van der Waals surface area contributed by atoms with Gasteiger partial charge in [0.2, 0.25) is 0 Å². The van der Waals surface area contributed by atoms with Gasteiger partial charge in [-0.3, -0.25) is 0 Å². The third-order valence-corrected chi connectivity index (χ3v) is 6.75. The molecule has 0 amide bonds. The predicted octanol–water partition coefficient (Wildman–Crippen LogP) is 1.37. The van der Waals surface area contributed by atoms with E-state index in [2.05, 4.69) is 32.7 Å². The van der Waals surface area contributed by atoms with Crippen molar-refractivity contribution in [3.63, 3.8) is 0 Å². The molecule has 0 aromatic carbocycles. The minimum Gasteiger partial charge on any atom is -0.439 e. The van der Waals surface area contributed by atoms with Gasteiger partial charge in [0.15, 0.2) is 18.1 Å². The fraction of sp³-hybridized carbons (Fsp3) is 1.00. The second-order valence-corrected chi connectivity index (χ2v) is 9.32. The van der Waals surface area contributed by atoms with Crippen molar-refractivity contribution in [2.75, 3.05) is 0 Å². The van der Waals surface area contributed by atoms with Crippen LogP contribution in [0.1, 0.15) is 0 Å². The Labute approximate surface area is 85.4 Å². The third-order valence-electron chi connectivity index (χ3n) is 0.750. The third kappa shape index (κ3) is 11.1. The van der Waals surface area contributed by atoms with E-state index in [0.29, 0.717) is 0 Å². The molecule has 0 unspecified atom stereocenters. The maximum absolute atomic E-state index is 5.60. The SMILES string of the molecule is C[Si](C)O[Si](C)O[SiH](C)C.[Fe]. The van der Waals surface area contributed by atoms with Crippen molar-refractivity contribution >= 4 is 27.4 Å². The molecule has 0 bridgehead atoms. The molecule has 0 saturated heterocycles. The summed E-state index contributed by atoms with van der Waals surface area (Å²) in [4.78, 5) is 0.